The van der Waals surface area contributed by atoms with Gasteiger partial charge >= 0.3 is 0 Å². The van der Waals surface area contributed by atoms with Crippen LogP contribution in [0.1, 0.15) is 22.8 Å². The van der Waals surface area contributed by atoms with Gasteiger partial charge in [-0.05, 0) is 119 Å². The van der Waals surface area contributed by atoms with Gasteiger partial charge < -0.3 is 130 Å². The second kappa shape index (κ2) is 27.8. The molecule has 7 aromatic rings. The highest BCUT2D eigenvalue weighted by Gasteiger charge is 2.48. The highest BCUT2D eigenvalue weighted by Crippen LogP contribution is 2.41. The summed E-state index contributed by atoms with van der Waals surface area (Å²) in [5, 5.41) is 167. The van der Waals surface area contributed by atoms with Gasteiger partial charge in [0.05, 0.1) is 49.2 Å². The van der Waals surface area contributed by atoms with Gasteiger partial charge in [-0.15, -0.1) is 0 Å². The Balaban J connectivity index is 0.980. The zero-order chi connectivity index (χ0) is 67.4. The molecule has 13 rings (SSSR count). The van der Waals surface area contributed by atoms with Crippen molar-refractivity contribution in [3.63, 3.8) is 0 Å². The summed E-state index contributed by atoms with van der Waals surface area (Å²) in [5.41, 5.74) is 8.73. The van der Waals surface area contributed by atoms with E-state index in [1.807, 2.05) is 48.6 Å². The summed E-state index contributed by atoms with van der Waals surface area (Å²) >= 11 is 0. The Hall–Kier alpha value is -8.12. The van der Waals surface area contributed by atoms with Gasteiger partial charge in [0, 0.05) is 44.3 Å². The third-order valence-corrected chi connectivity index (χ3v) is 17.7. The minimum absolute atomic E-state index is 0.193. The average molecular weight is 1330 g/mol. The van der Waals surface area contributed by atoms with Crippen LogP contribution < -0.4 is 18.9 Å². The Labute approximate surface area is 544 Å². The number of benzene rings is 4. The van der Waals surface area contributed by atoms with E-state index in [-0.39, 0.29) is 23.0 Å². The Bertz CT molecular complexity index is 3610. The molecule has 9 heterocycles. The summed E-state index contributed by atoms with van der Waals surface area (Å²) in [6.07, 6.45) is -23.4. The number of nitrogens with one attached hydrogen (secondary N) is 2. The lowest BCUT2D eigenvalue weighted by Crippen LogP contribution is -2.60. The molecule has 4 unspecified atom stereocenters. The van der Waals surface area contributed by atoms with Crippen LogP contribution >= 0.6 is 0 Å². The summed E-state index contributed by atoms with van der Waals surface area (Å²) in [6.45, 7) is -2.65. The normalized spacial score (nSPS) is 31.2. The Morgan fingerprint density at radius 1 is 0.271 bits per heavy atom. The lowest BCUT2D eigenvalue weighted by Gasteiger charge is -2.39. The fourth-order valence-corrected chi connectivity index (χ4v) is 12.4. The molecule has 0 radical (unpaired) electrons. The molecule has 6 aliphatic rings. The quantitative estimate of drug-likeness (QED) is 0.0607. The van der Waals surface area contributed by atoms with Crippen LogP contribution in [0.4, 0.5) is 0 Å². The zero-order valence-electron chi connectivity index (χ0n) is 50.5. The molecule has 3 aromatic heterocycles. The number of aromatic nitrogens is 4. The molecule has 0 aliphatic carbocycles. The number of aromatic amines is 2. The van der Waals surface area contributed by atoms with Crippen molar-refractivity contribution in [2.24, 2.45) is 0 Å². The van der Waals surface area contributed by atoms with Crippen LogP contribution in [0.3, 0.4) is 0 Å². The topological polar surface area (TPSA) is 455 Å². The van der Waals surface area contributed by atoms with E-state index < -0.39 is 149 Å². The highest BCUT2D eigenvalue weighted by atomic mass is 16.7. The predicted molar refractivity (Wildman–Crippen MR) is 338 cm³/mol. The van der Waals surface area contributed by atoms with Gasteiger partial charge in [0.25, 0.3) is 0 Å². The molecule has 0 spiro atoms. The standard InChI is InChI=1S/C68H70N4O24/c73-25-45-53(77)57(81)61(85)65(93-45)89-33-9-1-29(2-10-33)49-37-17-19-39(69-37)50(30-3-11-34(12-4-30)90-66-62(86)58(82)54(78)46(26-74)94-66)41-21-23-43(71-41)52(32-7-15-36(16-8-32)92-68-64(88)60(84)56(80)48(28-76)96-68)44-24-22-42(72-44)51(40-20-18-38(49)70-40)31-5-13-35(14-6-31)91-67-63(87)59(83)55(79)47(27-75)95-67/h1-24,45-48,53-69,72-88H,25-28H2/t45-,46-,47-,48-,53-,54-,55-,56-,57+,58+,59+,60+,61-,62-,63-,64-,65?,66?,67?,68?/m1/s1. The van der Waals surface area contributed by atoms with Gasteiger partial charge in [-0.1, -0.05) is 48.5 Å². The van der Waals surface area contributed by atoms with E-state index in [0.717, 1.165) is 0 Å². The first-order valence-electron chi connectivity index (χ1n) is 30.8. The molecule has 4 aromatic carbocycles. The fraction of sp³-hybridized carbons (Fsp3) is 0.353. The lowest BCUT2D eigenvalue weighted by atomic mass is 9.99. The van der Waals surface area contributed by atoms with Crippen molar-refractivity contribution in [1.29, 1.82) is 0 Å². The summed E-state index contributed by atoms with van der Waals surface area (Å²) in [4.78, 5) is 18.0. The smallest absolute Gasteiger partial charge is 0.229 e. The van der Waals surface area contributed by atoms with Gasteiger partial charge in [0.2, 0.25) is 25.2 Å². The SMILES string of the molecule is OC[C@H]1OC(Oc2ccc(-c3c4nc(c(-c5ccc(OC6O[C@H](CO)[C@@H](O)[C@H](O)[C@H]6O)cc5)c5ccc([nH]5)c(-c5ccc(OC6O[C@H](CO)[C@@H](O)[C@H](O)[C@H]6O)cc5)c5nc(c(-c6ccc(OC7O[C@H](CO)[C@@H](O)[C@H](O)[C@H]7O)cc6)c6ccc3[nH]6)C=C5)C=C4)cc2)[C@H](O)[C@@H](O)[C@@H]1O. The molecule has 6 aliphatic heterocycles. The van der Waals surface area contributed by atoms with Gasteiger partial charge in [0.1, 0.15) is 121 Å². The summed E-state index contributed by atoms with van der Waals surface area (Å²) in [5.74, 6) is 0.772. The molecule has 506 valence electrons. The number of hydrogen-bond donors (Lipinski definition) is 18. The third kappa shape index (κ3) is 12.8. The molecule has 0 amide bonds. The van der Waals surface area contributed by atoms with Crippen molar-refractivity contribution in [3.05, 3.63) is 144 Å². The minimum atomic E-state index is -1.69. The van der Waals surface area contributed by atoms with Crippen LogP contribution in [0.2, 0.25) is 0 Å². The van der Waals surface area contributed by atoms with Crippen molar-refractivity contribution < 1.29 is 120 Å². The van der Waals surface area contributed by atoms with Gasteiger partial charge in [0.15, 0.2) is 0 Å². The molecule has 28 heteroatoms. The predicted octanol–water partition coefficient (Wildman–Crippen LogP) is 0.0384. The van der Waals surface area contributed by atoms with Crippen LogP contribution in [0, 0.1) is 0 Å². The first-order chi connectivity index (χ1) is 46.3. The Kier molecular flexibility index (Phi) is 19.2. The van der Waals surface area contributed by atoms with Crippen LogP contribution in [-0.4, -0.2) is 251 Å². The summed E-state index contributed by atoms with van der Waals surface area (Å²) < 4.78 is 46.6. The largest absolute Gasteiger partial charge is 0.462 e. The monoisotopic (exact) mass is 1330 g/mol. The first-order valence-corrected chi connectivity index (χ1v) is 30.8. The van der Waals surface area contributed by atoms with Gasteiger partial charge in [-0.25, -0.2) is 9.97 Å². The van der Waals surface area contributed by atoms with Crippen molar-refractivity contribution in [2.45, 2.75) is 123 Å². The maximum Gasteiger partial charge on any atom is 0.229 e. The molecule has 96 heavy (non-hydrogen) atoms. The molecular formula is C68H70N4O24. The number of ether oxygens (including phenoxy) is 8. The molecule has 0 saturated carbocycles. The van der Waals surface area contributed by atoms with E-state index in [4.69, 9.17) is 47.9 Å². The molecule has 4 fully saturated rings. The molecule has 20 atom stereocenters. The molecule has 28 nitrogen and oxygen atoms in total. The molecular weight excluding hydrogens is 1260 g/mol. The molecule has 4 saturated heterocycles. The maximum atomic E-state index is 10.8. The van der Waals surface area contributed by atoms with E-state index in [1.165, 1.54) is 0 Å². The minimum Gasteiger partial charge on any atom is -0.462 e. The van der Waals surface area contributed by atoms with Crippen LogP contribution in [0.15, 0.2) is 121 Å². The number of nitrogens with zero attached hydrogens (tertiary/aromatic N) is 2. The number of fused-ring (bicyclic) bond motifs is 8. The number of H-pyrrole nitrogens is 2. The maximum absolute atomic E-state index is 10.8. The van der Waals surface area contributed by atoms with Crippen LogP contribution in [0.25, 0.3) is 90.9 Å². The Morgan fingerprint density at radius 3 is 0.656 bits per heavy atom. The van der Waals surface area contributed by atoms with E-state index in [2.05, 4.69) is 9.97 Å². The Morgan fingerprint density at radius 2 is 0.469 bits per heavy atom. The zero-order valence-corrected chi connectivity index (χ0v) is 50.5. The second-order valence-corrected chi connectivity index (χ2v) is 23.9. The van der Waals surface area contributed by atoms with Crippen molar-refractivity contribution in [3.8, 4) is 67.5 Å². The number of rotatable bonds is 16. The lowest BCUT2D eigenvalue weighted by molar-refractivity contribution is -0.277. The van der Waals surface area contributed by atoms with E-state index in [9.17, 15) is 81.7 Å². The van der Waals surface area contributed by atoms with Gasteiger partial charge in [-0.3, -0.25) is 0 Å². The average Bonchev–Trinajstić information content (AvgIpc) is 1.66. The van der Waals surface area contributed by atoms with E-state index >= 15 is 0 Å². The van der Waals surface area contributed by atoms with Crippen LogP contribution in [0.5, 0.6) is 23.0 Å². The number of aliphatic hydroxyl groups excluding tert-OH is 16. The van der Waals surface area contributed by atoms with Crippen LogP contribution in [-0.2, 0) is 18.9 Å². The van der Waals surface area contributed by atoms with Gasteiger partial charge in [-0.2, -0.15) is 0 Å². The van der Waals surface area contributed by atoms with Crippen molar-refractivity contribution in [2.75, 3.05) is 26.4 Å². The molecule has 8 bridgehead atoms. The number of hydrogen-bond acceptors (Lipinski definition) is 26. The van der Waals surface area contributed by atoms with E-state index in [0.29, 0.717) is 89.4 Å². The fourth-order valence-electron chi connectivity index (χ4n) is 12.4. The van der Waals surface area contributed by atoms with Crippen molar-refractivity contribution in [1.82, 2.24) is 19.9 Å². The molecule has 18 N–H and O–H groups in total. The second-order valence-electron chi connectivity index (χ2n) is 23.9. The van der Waals surface area contributed by atoms with Crippen molar-refractivity contribution >= 4 is 46.4 Å². The third-order valence-electron chi connectivity index (χ3n) is 17.7. The highest BCUT2D eigenvalue weighted by molar-refractivity contribution is 6.00. The van der Waals surface area contributed by atoms with E-state index in [1.54, 1.807) is 97.1 Å². The summed E-state index contributed by atoms with van der Waals surface area (Å²) in [6, 6.07) is 34.2. The first kappa shape index (κ1) is 66.5. The summed E-state index contributed by atoms with van der Waals surface area (Å²) in [7, 11) is 0. The number of aliphatic hydroxyl groups is 16.